The molecule has 54 valence electrons. The van der Waals surface area contributed by atoms with Crippen molar-refractivity contribution in [2.75, 3.05) is 0 Å². The van der Waals surface area contributed by atoms with E-state index < -0.39 is 0 Å². The highest BCUT2D eigenvalue weighted by molar-refractivity contribution is 8.07. The van der Waals surface area contributed by atoms with E-state index in [4.69, 9.17) is 5.26 Å². The van der Waals surface area contributed by atoms with Gasteiger partial charge in [0.2, 0.25) is 0 Å². The van der Waals surface area contributed by atoms with Crippen molar-refractivity contribution in [3.05, 3.63) is 10.5 Å². The minimum absolute atomic E-state index is 0.698. The van der Waals surface area contributed by atoms with Crippen LogP contribution in [0.3, 0.4) is 0 Å². The van der Waals surface area contributed by atoms with Gasteiger partial charge in [-0.05, 0) is 25.1 Å². The molecule has 0 saturated carbocycles. The van der Waals surface area contributed by atoms with Crippen molar-refractivity contribution in [3.8, 4) is 5.40 Å². The third-order valence-corrected chi connectivity index (χ3v) is 1.83. The number of thiocyanates is 1. The Labute approximate surface area is 64.9 Å². The topological polar surface area (TPSA) is 40.9 Å². The molecule has 0 unspecified atom stereocenters. The van der Waals surface area contributed by atoms with Crippen LogP contribution in [0.4, 0.5) is 0 Å². The number of rotatable bonds is 3. The van der Waals surface area contributed by atoms with Crippen molar-refractivity contribution in [1.29, 1.82) is 5.26 Å². The van der Waals surface area contributed by atoms with Crippen molar-refractivity contribution in [3.63, 3.8) is 0 Å². The number of allylic oxidation sites excluding steroid dienone is 2. The molecule has 0 heterocycles. The number of aldehydes is 1. The molecule has 0 saturated heterocycles. The van der Waals surface area contributed by atoms with Crippen LogP contribution in [0, 0.1) is 10.7 Å². The fourth-order valence-corrected chi connectivity index (χ4v) is 1.01. The Bertz CT molecular complexity index is 190. The van der Waals surface area contributed by atoms with E-state index in [0.29, 0.717) is 12.0 Å². The average molecular weight is 155 g/mol. The summed E-state index contributed by atoms with van der Waals surface area (Å²) in [5.74, 6) is 0. The maximum atomic E-state index is 10.3. The molecule has 0 aliphatic rings. The van der Waals surface area contributed by atoms with E-state index in [1.165, 1.54) is 0 Å². The molecule has 3 heteroatoms. The lowest BCUT2D eigenvalue weighted by Gasteiger charge is -1.95. The zero-order valence-corrected chi connectivity index (χ0v) is 6.86. The van der Waals surface area contributed by atoms with Crippen LogP contribution in [0.25, 0.3) is 0 Å². The Hall–Kier alpha value is -0.750. The molecule has 0 fully saturated rings. The number of thioether (sulfide) groups is 1. The third kappa shape index (κ3) is 2.70. The van der Waals surface area contributed by atoms with Gasteiger partial charge in [0, 0.05) is 10.5 Å². The number of carbonyl (C=O) groups is 1. The molecular weight excluding hydrogens is 146 g/mol. The van der Waals surface area contributed by atoms with Crippen molar-refractivity contribution in [2.24, 2.45) is 0 Å². The molecule has 10 heavy (non-hydrogen) atoms. The van der Waals surface area contributed by atoms with Crippen LogP contribution >= 0.6 is 11.8 Å². The van der Waals surface area contributed by atoms with Crippen LogP contribution < -0.4 is 0 Å². The van der Waals surface area contributed by atoms with E-state index >= 15 is 0 Å². The van der Waals surface area contributed by atoms with E-state index in [0.717, 1.165) is 23.0 Å². The summed E-state index contributed by atoms with van der Waals surface area (Å²) in [7, 11) is 0. The smallest absolute Gasteiger partial charge is 0.146 e. The van der Waals surface area contributed by atoms with Crippen molar-refractivity contribution >= 4 is 18.0 Å². The van der Waals surface area contributed by atoms with Gasteiger partial charge < -0.3 is 0 Å². The molecule has 0 atom stereocenters. The van der Waals surface area contributed by atoms with Crippen molar-refractivity contribution < 1.29 is 4.79 Å². The molecule has 0 spiro atoms. The van der Waals surface area contributed by atoms with Crippen LogP contribution in [0.15, 0.2) is 10.5 Å². The van der Waals surface area contributed by atoms with Gasteiger partial charge in [0.05, 0.1) is 0 Å². The molecule has 0 radical (unpaired) electrons. The monoisotopic (exact) mass is 155 g/mol. The Morgan fingerprint density at radius 1 is 1.80 bits per heavy atom. The Morgan fingerprint density at radius 3 is 2.70 bits per heavy atom. The summed E-state index contributed by atoms with van der Waals surface area (Å²) in [5, 5.41) is 10.2. The SMILES string of the molecule is CCC(C=O)=C(C)SC#N. The Balaban J connectivity index is 4.30. The maximum absolute atomic E-state index is 10.3. The van der Waals surface area contributed by atoms with E-state index in [1.54, 1.807) is 6.92 Å². The van der Waals surface area contributed by atoms with E-state index in [-0.39, 0.29) is 0 Å². The van der Waals surface area contributed by atoms with E-state index in [2.05, 4.69) is 0 Å². The third-order valence-electron chi connectivity index (χ3n) is 1.17. The first kappa shape index (κ1) is 9.25. The molecule has 0 amide bonds. The molecule has 0 N–H and O–H groups in total. The predicted octanol–water partition coefficient (Wildman–Crippen LogP) is 2.08. The van der Waals surface area contributed by atoms with Crippen LogP contribution in [0.5, 0.6) is 0 Å². The normalized spacial score (nSPS) is 11.7. The van der Waals surface area contributed by atoms with Gasteiger partial charge in [-0.2, -0.15) is 5.26 Å². The highest BCUT2D eigenvalue weighted by atomic mass is 32.2. The van der Waals surface area contributed by atoms with Gasteiger partial charge >= 0.3 is 0 Å². The number of hydrogen-bond acceptors (Lipinski definition) is 3. The average Bonchev–Trinajstić information content (AvgIpc) is 1.91. The van der Waals surface area contributed by atoms with Gasteiger partial charge in [-0.3, -0.25) is 4.79 Å². The fraction of sp³-hybridized carbons (Fsp3) is 0.429. The second-order valence-electron chi connectivity index (χ2n) is 1.75. The second-order valence-corrected chi connectivity index (χ2v) is 2.75. The highest BCUT2D eigenvalue weighted by Gasteiger charge is 1.97. The molecule has 0 aromatic heterocycles. The lowest BCUT2D eigenvalue weighted by atomic mass is 10.2. The lowest BCUT2D eigenvalue weighted by molar-refractivity contribution is -0.105. The summed E-state index contributed by atoms with van der Waals surface area (Å²) >= 11 is 1.04. The molecule has 0 aromatic carbocycles. The molecule has 0 aliphatic carbocycles. The van der Waals surface area contributed by atoms with Crippen LogP contribution in [-0.4, -0.2) is 6.29 Å². The Kier molecular flexibility index (Phi) is 4.69. The molecule has 0 bridgehead atoms. The first-order valence-corrected chi connectivity index (χ1v) is 3.78. The van der Waals surface area contributed by atoms with Gasteiger partial charge in [-0.15, -0.1) is 0 Å². The fourth-order valence-electron chi connectivity index (χ4n) is 0.549. The number of nitriles is 1. The van der Waals surface area contributed by atoms with Gasteiger partial charge in [0.1, 0.15) is 11.7 Å². The first-order valence-electron chi connectivity index (χ1n) is 2.97. The van der Waals surface area contributed by atoms with Gasteiger partial charge in [0.15, 0.2) is 0 Å². The molecule has 0 aromatic rings. The zero-order chi connectivity index (χ0) is 7.98. The highest BCUT2D eigenvalue weighted by Crippen LogP contribution is 2.17. The summed E-state index contributed by atoms with van der Waals surface area (Å²) in [5.41, 5.74) is 0.714. The number of nitrogens with zero attached hydrogens (tertiary/aromatic N) is 1. The summed E-state index contributed by atoms with van der Waals surface area (Å²) in [4.78, 5) is 11.1. The summed E-state index contributed by atoms with van der Waals surface area (Å²) in [6.07, 6.45) is 1.50. The largest absolute Gasteiger partial charge is 0.298 e. The number of carbonyl (C=O) groups excluding carboxylic acids is 1. The van der Waals surface area contributed by atoms with Crippen molar-refractivity contribution in [2.45, 2.75) is 20.3 Å². The molecule has 0 rings (SSSR count). The first-order chi connectivity index (χ1) is 4.76. The summed E-state index contributed by atoms with van der Waals surface area (Å²) in [6.45, 7) is 3.67. The zero-order valence-electron chi connectivity index (χ0n) is 6.05. The van der Waals surface area contributed by atoms with E-state index in [1.807, 2.05) is 12.3 Å². The number of hydrogen-bond donors (Lipinski definition) is 0. The standard InChI is InChI=1S/C7H9NOS/c1-3-7(4-9)6(2)10-5-8/h4H,3H2,1-2H3. The molecule has 0 aliphatic heterocycles. The minimum Gasteiger partial charge on any atom is -0.298 e. The van der Waals surface area contributed by atoms with Gasteiger partial charge in [-0.1, -0.05) is 6.92 Å². The van der Waals surface area contributed by atoms with E-state index in [9.17, 15) is 4.79 Å². The quantitative estimate of drug-likeness (QED) is 0.356. The van der Waals surface area contributed by atoms with Crippen LogP contribution in [0.2, 0.25) is 0 Å². The van der Waals surface area contributed by atoms with Crippen LogP contribution in [-0.2, 0) is 4.79 Å². The molecular formula is C7H9NOS. The van der Waals surface area contributed by atoms with Gasteiger partial charge in [-0.25, -0.2) is 0 Å². The Morgan fingerprint density at radius 2 is 2.40 bits per heavy atom. The summed E-state index contributed by atoms with van der Waals surface area (Å²) in [6, 6.07) is 0. The molecule has 2 nitrogen and oxygen atoms in total. The van der Waals surface area contributed by atoms with Gasteiger partial charge in [0.25, 0.3) is 0 Å². The maximum Gasteiger partial charge on any atom is 0.146 e. The minimum atomic E-state index is 0.698. The predicted molar refractivity (Wildman–Crippen MR) is 42.3 cm³/mol. The van der Waals surface area contributed by atoms with Crippen molar-refractivity contribution in [1.82, 2.24) is 0 Å². The second kappa shape index (κ2) is 5.07. The van der Waals surface area contributed by atoms with Crippen LogP contribution in [0.1, 0.15) is 20.3 Å². The summed E-state index contributed by atoms with van der Waals surface area (Å²) < 4.78 is 0. The lowest BCUT2D eigenvalue weighted by Crippen LogP contribution is -1.84.